The van der Waals surface area contributed by atoms with Gasteiger partial charge in [0.15, 0.2) is 0 Å². The minimum absolute atomic E-state index is 0.0136. The molecule has 2 amide bonds. The highest BCUT2D eigenvalue weighted by atomic mass is 16.2. The van der Waals surface area contributed by atoms with Gasteiger partial charge >= 0.3 is 0 Å². The number of carbonyl (C=O) groups excluding carboxylic acids is 2. The third-order valence-electron chi connectivity index (χ3n) is 3.28. The Hall–Kier alpha value is -1.95. The van der Waals surface area contributed by atoms with E-state index in [1.807, 2.05) is 19.1 Å². The Morgan fingerprint density at radius 2 is 1.95 bits per heavy atom. The Morgan fingerprint density at radius 1 is 1.26 bits per heavy atom. The number of hydrogen-bond donors (Lipinski definition) is 1. The van der Waals surface area contributed by atoms with Crippen molar-refractivity contribution in [2.45, 2.75) is 20.0 Å². The Balaban J connectivity index is 2.11. The molecule has 0 unspecified atom stereocenters. The second-order valence-corrected chi connectivity index (χ2v) is 4.47. The van der Waals surface area contributed by atoms with Crippen LogP contribution in [0.3, 0.4) is 0 Å². The number of piperazine rings is 1. The first kappa shape index (κ1) is 13.5. The van der Waals surface area contributed by atoms with Crippen LogP contribution < -0.4 is 5.73 Å². The lowest BCUT2D eigenvalue weighted by atomic mass is 10.1. The van der Waals surface area contributed by atoms with Crippen molar-refractivity contribution in [3.63, 3.8) is 0 Å². The van der Waals surface area contributed by atoms with Crippen LogP contribution in [0, 0.1) is 0 Å². The number of hydrogen-bond acceptors (Lipinski definition) is 4. The van der Waals surface area contributed by atoms with E-state index in [0.717, 1.165) is 11.3 Å². The third-order valence-corrected chi connectivity index (χ3v) is 3.28. The summed E-state index contributed by atoms with van der Waals surface area (Å²) in [6.45, 7) is 3.45. The first-order chi connectivity index (χ1) is 9.15. The molecule has 2 heterocycles. The minimum atomic E-state index is -0.0340. The minimum Gasteiger partial charge on any atom is -0.332 e. The molecule has 1 fully saturated rings. The predicted molar refractivity (Wildman–Crippen MR) is 69.8 cm³/mol. The van der Waals surface area contributed by atoms with E-state index >= 15 is 0 Å². The molecule has 1 aromatic heterocycles. The van der Waals surface area contributed by atoms with E-state index in [1.165, 1.54) is 0 Å². The zero-order valence-electron chi connectivity index (χ0n) is 11.0. The van der Waals surface area contributed by atoms with Crippen LogP contribution in [0.5, 0.6) is 0 Å². The van der Waals surface area contributed by atoms with Gasteiger partial charge in [-0.05, 0) is 18.6 Å². The summed E-state index contributed by atoms with van der Waals surface area (Å²) in [5, 5.41) is 0. The molecule has 1 aromatic rings. The number of amides is 2. The standard InChI is InChI=1S/C13H18N4O2/c1-2-16-8-13(19)17(9-12(16)18)7-10-4-3-5-15-11(10)6-14/h3-5H,2,6-9,14H2,1H3. The Morgan fingerprint density at radius 3 is 2.63 bits per heavy atom. The van der Waals surface area contributed by atoms with Crippen molar-refractivity contribution in [1.82, 2.24) is 14.8 Å². The number of aromatic nitrogens is 1. The summed E-state index contributed by atoms with van der Waals surface area (Å²) in [5.41, 5.74) is 7.28. The number of nitrogens with zero attached hydrogens (tertiary/aromatic N) is 3. The van der Waals surface area contributed by atoms with Crippen LogP contribution in [0.1, 0.15) is 18.2 Å². The van der Waals surface area contributed by atoms with Crippen molar-refractivity contribution in [3.05, 3.63) is 29.6 Å². The van der Waals surface area contributed by atoms with Gasteiger partial charge in [0.05, 0.1) is 12.2 Å². The van der Waals surface area contributed by atoms with Crippen LogP contribution in [-0.2, 0) is 22.7 Å². The molecule has 0 aliphatic carbocycles. The maximum atomic E-state index is 12.0. The molecule has 0 saturated carbocycles. The van der Waals surface area contributed by atoms with E-state index in [-0.39, 0.29) is 24.9 Å². The van der Waals surface area contributed by atoms with Gasteiger partial charge in [0.2, 0.25) is 11.8 Å². The zero-order chi connectivity index (χ0) is 13.8. The summed E-state index contributed by atoms with van der Waals surface area (Å²) < 4.78 is 0. The van der Waals surface area contributed by atoms with Crippen molar-refractivity contribution in [2.75, 3.05) is 19.6 Å². The molecule has 102 valence electrons. The number of pyridine rings is 1. The summed E-state index contributed by atoms with van der Waals surface area (Å²) in [7, 11) is 0. The first-order valence-corrected chi connectivity index (χ1v) is 6.34. The molecule has 1 aliphatic rings. The average Bonchev–Trinajstić information content (AvgIpc) is 2.43. The fourth-order valence-electron chi connectivity index (χ4n) is 2.14. The van der Waals surface area contributed by atoms with Crippen LogP contribution in [0.2, 0.25) is 0 Å². The quantitative estimate of drug-likeness (QED) is 0.810. The van der Waals surface area contributed by atoms with Crippen LogP contribution >= 0.6 is 0 Å². The highest BCUT2D eigenvalue weighted by Crippen LogP contribution is 2.12. The molecule has 0 spiro atoms. The van der Waals surface area contributed by atoms with Gasteiger partial charge in [-0.1, -0.05) is 6.07 Å². The molecule has 1 aliphatic heterocycles. The Kier molecular flexibility index (Phi) is 4.11. The van der Waals surface area contributed by atoms with Crippen LogP contribution in [0.4, 0.5) is 0 Å². The van der Waals surface area contributed by atoms with E-state index < -0.39 is 0 Å². The van der Waals surface area contributed by atoms with Gasteiger partial charge in [0.1, 0.15) is 6.54 Å². The lowest BCUT2D eigenvalue weighted by Gasteiger charge is -2.33. The van der Waals surface area contributed by atoms with Crippen molar-refractivity contribution in [2.24, 2.45) is 5.73 Å². The highest BCUT2D eigenvalue weighted by molar-refractivity contribution is 5.92. The molecule has 6 nitrogen and oxygen atoms in total. The van der Waals surface area contributed by atoms with Gasteiger partial charge in [-0.2, -0.15) is 0 Å². The fourth-order valence-corrected chi connectivity index (χ4v) is 2.14. The van der Waals surface area contributed by atoms with Gasteiger partial charge in [-0.15, -0.1) is 0 Å². The number of nitrogens with two attached hydrogens (primary N) is 1. The SMILES string of the molecule is CCN1CC(=O)N(Cc2cccnc2CN)CC1=O. The highest BCUT2D eigenvalue weighted by Gasteiger charge is 2.29. The number of rotatable bonds is 4. The lowest BCUT2D eigenvalue weighted by molar-refractivity contribution is -0.150. The van der Waals surface area contributed by atoms with E-state index in [4.69, 9.17) is 5.73 Å². The molecule has 19 heavy (non-hydrogen) atoms. The van der Waals surface area contributed by atoms with Crippen molar-refractivity contribution < 1.29 is 9.59 Å². The number of carbonyl (C=O) groups is 2. The molecular formula is C13H18N4O2. The fraction of sp³-hybridized carbons (Fsp3) is 0.462. The lowest BCUT2D eigenvalue weighted by Crippen LogP contribution is -2.53. The van der Waals surface area contributed by atoms with Crippen molar-refractivity contribution in [1.29, 1.82) is 0 Å². The van der Waals surface area contributed by atoms with E-state index in [2.05, 4.69) is 4.98 Å². The van der Waals surface area contributed by atoms with Gasteiger partial charge in [0, 0.05) is 25.8 Å². The van der Waals surface area contributed by atoms with Crippen LogP contribution in [-0.4, -0.2) is 46.2 Å². The summed E-state index contributed by atoms with van der Waals surface area (Å²) in [6, 6.07) is 3.70. The van der Waals surface area contributed by atoms with Gasteiger partial charge in [-0.3, -0.25) is 14.6 Å². The third kappa shape index (κ3) is 2.90. The zero-order valence-corrected chi connectivity index (χ0v) is 11.0. The van der Waals surface area contributed by atoms with Crippen LogP contribution in [0.15, 0.2) is 18.3 Å². The van der Waals surface area contributed by atoms with E-state index in [1.54, 1.807) is 16.0 Å². The predicted octanol–water partition coefficient (Wildman–Crippen LogP) is -0.269. The number of likely N-dealkylation sites (N-methyl/N-ethyl adjacent to an activating group) is 1. The molecule has 0 bridgehead atoms. The smallest absolute Gasteiger partial charge is 0.242 e. The molecule has 0 atom stereocenters. The van der Waals surface area contributed by atoms with Crippen molar-refractivity contribution in [3.8, 4) is 0 Å². The molecule has 1 saturated heterocycles. The van der Waals surface area contributed by atoms with Gasteiger partial charge in [-0.25, -0.2) is 0 Å². The topological polar surface area (TPSA) is 79.5 Å². The molecule has 0 aromatic carbocycles. The van der Waals surface area contributed by atoms with Crippen molar-refractivity contribution >= 4 is 11.8 Å². The average molecular weight is 262 g/mol. The van der Waals surface area contributed by atoms with Crippen LogP contribution in [0.25, 0.3) is 0 Å². The summed E-state index contributed by atoms with van der Waals surface area (Å²) in [4.78, 5) is 31.1. The summed E-state index contributed by atoms with van der Waals surface area (Å²) in [5.74, 6) is -0.0476. The Labute approximate surface area is 112 Å². The molecule has 6 heteroatoms. The molecule has 2 rings (SSSR count). The first-order valence-electron chi connectivity index (χ1n) is 6.34. The Bertz CT molecular complexity index is 489. The second kappa shape index (κ2) is 5.79. The summed E-state index contributed by atoms with van der Waals surface area (Å²) in [6.07, 6.45) is 1.67. The monoisotopic (exact) mass is 262 g/mol. The van der Waals surface area contributed by atoms with E-state index in [0.29, 0.717) is 19.6 Å². The largest absolute Gasteiger partial charge is 0.332 e. The molecule has 2 N–H and O–H groups in total. The molecule has 0 radical (unpaired) electrons. The van der Waals surface area contributed by atoms with Gasteiger partial charge in [0.25, 0.3) is 0 Å². The molecular weight excluding hydrogens is 244 g/mol. The maximum absolute atomic E-state index is 12.0. The summed E-state index contributed by atoms with van der Waals surface area (Å²) >= 11 is 0. The van der Waals surface area contributed by atoms with Gasteiger partial charge < -0.3 is 15.5 Å². The van der Waals surface area contributed by atoms with E-state index in [9.17, 15) is 9.59 Å². The normalized spacial score (nSPS) is 16.1. The maximum Gasteiger partial charge on any atom is 0.242 e. The second-order valence-electron chi connectivity index (χ2n) is 4.47.